The molecule has 0 aromatic heterocycles. The van der Waals surface area contributed by atoms with Crippen LogP contribution < -0.4 is 5.32 Å². The van der Waals surface area contributed by atoms with Crippen LogP contribution in [0, 0.1) is 5.82 Å². The number of nitrogens with one attached hydrogen (secondary N) is 1. The highest BCUT2D eigenvalue weighted by Gasteiger charge is 2.05. The van der Waals surface area contributed by atoms with Gasteiger partial charge in [-0.15, -0.1) is 0 Å². The molecule has 0 heterocycles. The van der Waals surface area contributed by atoms with Crippen molar-refractivity contribution < 1.29 is 9.18 Å². The lowest BCUT2D eigenvalue weighted by molar-refractivity contribution is -0.114. The number of benzene rings is 1. The fraction of sp³-hybridized carbons (Fsp3) is 0.250. The van der Waals surface area contributed by atoms with Crippen LogP contribution in [0.2, 0.25) is 0 Å². The van der Waals surface area contributed by atoms with Gasteiger partial charge in [0.1, 0.15) is 5.82 Å². The number of hydrogen-bond donors (Lipinski definition) is 1. The monoisotopic (exact) mass is 207 g/mol. The molecule has 3 heteroatoms. The van der Waals surface area contributed by atoms with Crippen LogP contribution >= 0.6 is 0 Å². The molecule has 1 aromatic rings. The molecule has 0 radical (unpaired) electrons. The second kappa shape index (κ2) is 4.73. The Kier molecular flexibility index (Phi) is 3.61. The average Bonchev–Trinajstić information content (AvgIpc) is 2.08. The number of anilines is 1. The van der Waals surface area contributed by atoms with Crippen LogP contribution in [0.15, 0.2) is 30.4 Å². The van der Waals surface area contributed by atoms with Gasteiger partial charge >= 0.3 is 0 Å². The van der Waals surface area contributed by atoms with Gasteiger partial charge in [0.25, 0.3) is 0 Å². The Hall–Kier alpha value is -1.64. The van der Waals surface area contributed by atoms with E-state index in [-0.39, 0.29) is 11.7 Å². The largest absolute Gasteiger partial charge is 0.326 e. The van der Waals surface area contributed by atoms with E-state index in [0.29, 0.717) is 12.1 Å². The van der Waals surface area contributed by atoms with E-state index in [1.54, 1.807) is 6.07 Å². The Morgan fingerprint density at radius 2 is 2.13 bits per heavy atom. The van der Waals surface area contributed by atoms with Crippen LogP contribution in [0.4, 0.5) is 10.1 Å². The van der Waals surface area contributed by atoms with Gasteiger partial charge in [0.2, 0.25) is 5.91 Å². The van der Waals surface area contributed by atoms with Crippen LogP contribution in [0.25, 0.3) is 0 Å². The van der Waals surface area contributed by atoms with E-state index in [4.69, 9.17) is 0 Å². The second-order valence-electron chi connectivity index (χ2n) is 3.62. The van der Waals surface area contributed by atoms with Gasteiger partial charge in [-0.3, -0.25) is 4.79 Å². The van der Waals surface area contributed by atoms with Crippen molar-refractivity contribution in [3.05, 3.63) is 41.7 Å². The van der Waals surface area contributed by atoms with Crippen molar-refractivity contribution >= 4 is 11.6 Å². The zero-order valence-corrected chi connectivity index (χ0v) is 8.93. The summed E-state index contributed by atoms with van der Waals surface area (Å²) in [4.78, 5) is 10.9. The third kappa shape index (κ3) is 3.54. The summed E-state index contributed by atoms with van der Waals surface area (Å²) in [5.74, 6) is -0.468. The van der Waals surface area contributed by atoms with Crippen LogP contribution in [0.1, 0.15) is 19.4 Å². The predicted molar refractivity (Wildman–Crippen MR) is 59.2 cm³/mol. The molecule has 80 valence electrons. The Morgan fingerprint density at radius 3 is 2.67 bits per heavy atom. The van der Waals surface area contributed by atoms with Gasteiger partial charge < -0.3 is 5.32 Å². The molecule has 0 aliphatic heterocycles. The lowest BCUT2D eigenvalue weighted by atomic mass is 10.1. The van der Waals surface area contributed by atoms with Crippen molar-refractivity contribution in [3.63, 3.8) is 0 Å². The number of carbonyl (C=O) groups excluding carboxylic acids is 1. The summed E-state index contributed by atoms with van der Waals surface area (Å²) in [7, 11) is 0. The summed E-state index contributed by atoms with van der Waals surface area (Å²) in [6.07, 6.45) is 0.563. The van der Waals surface area contributed by atoms with Crippen molar-refractivity contribution in [1.29, 1.82) is 0 Å². The van der Waals surface area contributed by atoms with Crippen molar-refractivity contribution in [2.75, 3.05) is 5.32 Å². The Balaban J connectivity index is 3.02. The number of carbonyl (C=O) groups is 1. The fourth-order valence-electron chi connectivity index (χ4n) is 1.35. The summed E-state index contributed by atoms with van der Waals surface area (Å²) in [5, 5.41) is 2.66. The quantitative estimate of drug-likeness (QED) is 0.758. The highest BCUT2D eigenvalue weighted by molar-refractivity contribution is 5.89. The number of allylic oxidation sites excluding steroid dienone is 1. The van der Waals surface area contributed by atoms with Crippen LogP contribution in [-0.4, -0.2) is 5.91 Å². The first-order chi connectivity index (χ1) is 6.99. The van der Waals surface area contributed by atoms with Gasteiger partial charge in [0, 0.05) is 12.6 Å². The smallest absolute Gasteiger partial charge is 0.221 e. The standard InChI is InChI=1S/C12H14FNO/c1-8(2)6-10-7-11(13)4-5-12(10)14-9(3)15/h4-5,7H,1,6H2,2-3H3,(H,14,15). The maximum Gasteiger partial charge on any atom is 0.221 e. The highest BCUT2D eigenvalue weighted by Crippen LogP contribution is 2.19. The second-order valence-corrected chi connectivity index (χ2v) is 3.62. The molecule has 1 aromatic carbocycles. The summed E-state index contributed by atoms with van der Waals surface area (Å²) in [6, 6.07) is 4.31. The summed E-state index contributed by atoms with van der Waals surface area (Å²) >= 11 is 0. The van der Waals surface area contributed by atoms with E-state index >= 15 is 0 Å². The zero-order chi connectivity index (χ0) is 11.4. The minimum atomic E-state index is -0.305. The lowest BCUT2D eigenvalue weighted by Gasteiger charge is -2.09. The van der Waals surface area contributed by atoms with E-state index in [0.717, 1.165) is 11.1 Å². The predicted octanol–water partition coefficient (Wildman–Crippen LogP) is 2.90. The minimum Gasteiger partial charge on any atom is -0.326 e. The Labute approximate surface area is 88.8 Å². The number of hydrogen-bond acceptors (Lipinski definition) is 1. The highest BCUT2D eigenvalue weighted by atomic mass is 19.1. The SMILES string of the molecule is C=C(C)Cc1cc(F)ccc1NC(C)=O. The molecule has 0 aliphatic carbocycles. The minimum absolute atomic E-state index is 0.162. The molecule has 2 nitrogen and oxygen atoms in total. The molecule has 1 amide bonds. The molecule has 0 aliphatic rings. The Morgan fingerprint density at radius 1 is 1.47 bits per heavy atom. The summed E-state index contributed by atoms with van der Waals surface area (Å²) in [5.41, 5.74) is 2.32. The molecule has 0 saturated heterocycles. The van der Waals surface area contributed by atoms with Crippen molar-refractivity contribution in [2.24, 2.45) is 0 Å². The number of rotatable bonds is 3. The molecule has 0 bridgehead atoms. The third-order valence-corrected chi connectivity index (χ3v) is 1.87. The van der Waals surface area contributed by atoms with E-state index in [1.165, 1.54) is 19.1 Å². The van der Waals surface area contributed by atoms with E-state index < -0.39 is 0 Å². The van der Waals surface area contributed by atoms with E-state index in [1.807, 2.05) is 6.92 Å². The first-order valence-electron chi connectivity index (χ1n) is 4.69. The zero-order valence-electron chi connectivity index (χ0n) is 8.93. The average molecular weight is 207 g/mol. The lowest BCUT2D eigenvalue weighted by Crippen LogP contribution is -2.08. The van der Waals surface area contributed by atoms with Crippen LogP contribution in [-0.2, 0) is 11.2 Å². The molecule has 0 spiro atoms. The van der Waals surface area contributed by atoms with Gasteiger partial charge in [0.15, 0.2) is 0 Å². The molecular formula is C12H14FNO. The first-order valence-corrected chi connectivity index (χ1v) is 4.69. The molecule has 0 unspecified atom stereocenters. The number of amides is 1. The van der Waals surface area contributed by atoms with Crippen LogP contribution in [0.5, 0.6) is 0 Å². The maximum absolute atomic E-state index is 13.0. The number of halogens is 1. The van der Waals surface area contributed by atoms with E-state index in [2.05, 4.69) is 11.9 Å². The topological polar surface area (TPSA) is 29.1 Å². The third-order valence-electron chi connectivity index (χ3n) is 1.87. The van der Waals surface area contributed by atoms with Gasteiger partial charge in [0.05, 0.1) is 0 Å². The first kappa shape index (κ1) is 11.4. The summed E-state index contributed by atoms with van der Waals surface area (Å²) in [6.45, 7) is 7.05. The van der Waals surface area contributed by atoms with Gasteiger partial charge in [-0.1, -0.05) is 12.2 Å². The van der Waals surface area contributed by atoms with Crippen molar-refractivity contribution in [3.8, 4) is 0 Å². The molecule has 1 rings (SSSR count). The van der Waals surface area contributed by atoms with Crippen molar-refractivity contribution in [2.45, 2.75) is 20.3 Å². The molecule has 1 N–H and O–H groups in total. The van der Waals surface area contributed by atoms with Crippen LogP contribution in [0.3, 0.4) is 0 Å². The molecule has 0 fully saturated rings. The van der Waals surface area contributed by atoms with E-state index in [9.17, 15) is 9.18 Å². The molecule has 0 saturated carbocycles. The van der Waals surface area contributed by atoms with Crippen molar-refractivity contribution in [1.82, 2.24) is 0 Å². The van der Waals surface area contributed by atoms with Gasteiger partial charge in [-0.05, 0) is 37.1 Å². The fourth-order valence-corrected chi connectivity index (χ4v) is 1.35. The molecular weight excluding hydrogens is 193 g/mol. The maximum atomic E-state index is 13.0. The molecule has 0 atom stereocenters. The van der Waals surface area contributed by atoms with Gasteiger partial charge in [-0.25, -0.2) is 4.39 Å². The normalized spacial score (nSPS) is 9.80. The Bertz CT molecular complexity index is 399. The molecule has 15 heavy (non-hydrogen) atoms. The van der Waals surface area contributed by atoms with Gasteiger partial charge in [-0.2, -0.15) is 0 Å². The summed E-state index contributed by atoms with van der Waals surface area (Å²) < 4.78 is 13.0.